The molecule has 1 N–H and O–H groups in total. The Balaban J connectivity index is 0.000000396. The van der Waals surface area contributed by atoms with E-state index in [-0.39, 0.29) is 0 Å². The maximum atomic E-state index is 12.3. The highest BCUT2D eigenvalue weighted by atomic mass is 32.2. The smallest absolute Gasteiger partial charge is 0.249 e. The number of carbonyl (C=O) groups is 2. The van der Waals surface area contributed by atoms with E-state index in [4.69, 9.17) is 15.0 Å². The van der Waals surface area contributed by atoms with Crippen LogP contribution in [-0.4, -0.2) is 34.3 Å². The van der Waals surface area contributed by atoms with Gasteiger partial charge in [-0.15, -0.1) is 0 Å². The Hall–Kier alpha value is -2.01. The number of hydrogen-bond donors (Lipinski definition) is 1. The van der Waals surface area contributed by atoms with Crippen LogP contribution in [0.25, 0.3) is 10.8 Å². The fourth-order valence-electron chi connectivity index (χ4n) is 2.49. The second-order valence-corrected chi connectivity index (χ2v) is 7.45. The summed E-state index contributed by atoms with van der Waals surface area (Å²) < 4.78 is 0. The van der Waals surface area contributed by atoms with Crippen LogP contribution in [0.3, 0.4) is 0 Å². The van der Waals surface area contributed by atoms with Gasteiger partial charge in [-0.25, -0.2) is 0 Å². The van der Waals surface area contributed by atoms with E-state index in [1.807, 2.05) is 24.3 Å². The van der Waals surface area contributed by atoms with Crippen LogP contribution in [0, 0.1) is 0 Å². The number of hydrogen-bond acceptors (Lipinski definition) is 3. The lowest BCUT2D eigenvalue weighted by atomic mass is 10.1. The van der Waals surface area contributed by atoms with Gasteiger partial charge in [-0.2, -0.15) is 0 Å². The van der Waals surface area contributed by atoms with Crippen LogP contribution in [0.5, 0.6) is 0 Å². The van der Waals surface area contributed by atoms with Crippen molar-refractivity contribution in [2.75, 3.05) is 17.3 Å². The first kappa shape index (κ1) is 16.4. The highest BCUT2D eigenvalue weighted by molar-refractivity contribution is 7.97. The highest BCUT2D eigenvalue weighted by Gasteiger charge is 2.27. The largest absolute Gasteiger partial charge is 0.565 e. The van der Waals surface area contributed by atoms with Crippen molar-refractivity contribution in [3.05, 3.63) is 48.0 Å². The number of carbonyl (C=O) groups excluding carboxylic acids is 1. The minimum Gasteiger partial charge on any atom is -0.565 e. The number of Topliss-reactive ketones (excluding diaryl/α,β-unsaturated/α-hetero) is 1. The Bertz CT molecular complexity index is 659. The molecule has 1 aliphatic heterocycles. The molecule has 0 spiro atoms. The first-order chi connectivity index (χ1) is 10.6. The van der Waals surface area contributed by atoms with Gasteiger partial charge in [-0.05, 0) is 40.6 Å². The van der Waals surface area contributed by atoms with Gasteiger partial charge in [-0.1, -0.05) is 36.4 Å². The molecule has 1 saturated heterocycles. The summed E-state index contributed by atoms with van der Waals surface area (Å²) in [5, 5.41) is 17.7. The van der Waals surface area contributed by atoms with Crippen LogP contribution in [0.2, 0.25) is 0 Å². The zero-order valence-corrected chi connectivity index (χ0v) is 13.0. The fourth-order valence-corrected chi connectivity index (χ4v) is 4.75. The summed E-state index contributed by atoms with van der Waals surface area (Å²) in [7, 11) is 0.359. The molecule has 0 atom stereocenters. The van der Waals surface area contributed by atoms with Gasteiger partial charge in [0.25, 0.3) is 0 Å². The maximum absolute atomic E-state index is 12.3. The second kappa shape index (κ2) is 7.84. The minimum atomic E-state index is -2.08. The Kier molecular flexibility index (Phi) is 5.83. The monoisotopic (exact) mass is 318 g/mol. The number of benzene rings is 2. The van der Waals surface area contributed by atoms with Crippen LogP contribution >= 0.6 is 0 Å². The lowest BCUT2D eigenvalue weighted by Crippen LogP contribution is -2.17. The van der Waals surface area contributed by atoms with E-state index in [2.05, 4.69) is 18.2 Å². The van der Waals surface area contributed by atoms with Crippen molar-refractivity contribution in [2.24, 2.45) is 0 Å². The molecule has 116 valence electrons. The molecule has 0 saturated carbocycles. The lowest BCUT2D eigenvalue weighted by molar-refractivity contribution is -0.275. The average molecular weight is 318 g/mol. The topological polar surface area (TPSA) is 77.4 Å². The summed E-state index contributed by atoms with van der Waals surface area (Å²) in [4.78, 5) is 20.7. The van der Waals surface area contributed by atoms with Gasteiger partial charge in [0.15, 0.2) is 5.75 Å². The number of ketones is 1. The maximum Gasteiger partial charge on any atom is 0.249 e. The van der Waals surface area contributed by atoms with Crippen LogP contribution in [-0.2, 0) is 10.9 Å². The predicted molar refractivity (Wildman–Crippen MR) is 87.5 cm³/mol. The third-order valence-corrected chi connectivity index (χ3v) is 5.93. The highest BCUT2D eigenvalue weighted by Crippen LogP contribution is 2.19. The first-order valence-corrected chi connectivity index (χ1v) is 8.85. The molecule has 1 aliphatic rings. The molecule has 0 aromatic heterocycles. The summed E-state index contributed by atoms with van der Waals surface area (Å²) in [6.45, 7) is 0. The summed E-state index contributed by atoms with van der Waals surface area (Å²) in [6, 6.07) is 14.3. The van der Waals surface area contributed by atoms with Crippen molar-refractivity contribution < 1.29 is 19.8 Å². The molecule has 2 aromatic rings. The molecule has 1 heterocycles. The zero-order valence-electron chi connectivity index (χ0n) is 12.2. The van der Waals surface area contributed by atoms with Crippen LogP contribution in [0.4, 0.5) is 4.79 Å². The van der Waals surface area contributed by atoms with Crippen LogP contribution in [0.15, 0.2) is 42.5 Å². The summed E-state index contributed by atoms with van der Waals surface area (Å²) in [6.07, 6.45) is 0.544. The Morgan fingerprint density at radius 1 is 1.05 bits per heavy atom. The Labute approximate surface area is 132 Å². The van der Waals surface area contributed by atoms with Crippen LogP contribution < -0.4 is 5.11 Å². The van der Waals surface area contributed by atoms with Gasteiger partial charge < -0.3 is 15.0 Å². The third-order valence-electron chi connectivity index (χ3n) is 3.52. The van der Waals surface area contributed by atoms with Crippen molar-refractivity contribution in [2.45, 2.75) is 12.8 Å². The molecule has 5 heteroatoms. The molecule has 0 aliphatic carbocycles. The minimum absolute atomic E-state index is 0.325. The van der Waals surface area contributed by atoms with Crippen molar-refractivity contribution in [3.63, 3.8) is 0 Å². The zero-order chi connectivity index (χ0) is 15.9. The first-order valence-electron chi connectivity index (χ1n) is 7.12. The van der Waals surface area contributed by atoms with Gasteiger partial charge in [0.1, 0.15) is 11.5 Å². The predicted octanol–water partition coefficient (Wildman–Crippen LogP) is 2.32. The van der Waals surface area contributed by atoms with Crippen LogP contribution in [0.1, 0.15) is 23.2 Å². The van der Waals surface area contributed by atoms with E-state index >= 15 is 0 Å². The van der Waals surface area contributed by atoms with E-state index in [1.165, 1.54) is 29.7 Å². The second-order valence-electron chi connectivity index (χ2n) is 5.12. The standard InChI is InChI=1S/C16H17OS.CH2O3/c17-16(12-18-9-3-4-10-18)15-8-7-13-5-1-2-6-14(13)11-15;2-1(3)4/h1-2,5-8,11H,3-4,9-10,12H2;(H2,2,3,4)/q+1;/p-1. The lowest BCUT2D eigenvalue weighted by Gasteiger charge is -2.03. The van der Waals surface area contributed by atoms with E-state index in [9.17, 15) is 4.79 Å². The van der Waals surface area contributed by atoms with E-state index in [0.717, 1.165) is 16.7 Å². The molecule has 2 aromatic carbocycles. The van der Waals surface area contributed by atoms with Gasteiger partial charge in [0, 0.05) is 5.56 Å². The van der Waals surface area contributed by atoms with Crippen molar-refractivity contribution >= 4 is 33.6 Å². The molecule has 22 heavy (non-hydrogen) atoms. The Morgan fingerprint density at radius 2 is 1.64 bits per heavy atom. The molecule has 1 fully saturated rings. The average Bonchev–Trinajstić information content (AvgIpc) is 2.99. The molecule has 3 rings (SSSR count). The molecular weight excluding hydrogens is 300 g/mol. The van der Waals surface area contributed by atoms with Gasteiger partial charge in [0.05, 0.1) is 0 Å². The molecule has 4 nitrogen and oxygen atoms in total. The molecule has 0 radical (unpaired) electrons. The number of fused-ring (bicyclic) bond motifs is 1. The number of carboxylic acid groups (broad SMARTS) is 2. The molecule has 0 bridgehead atoms. The van der Waals surface area contributed by atoms with E-state index in [1.54, 1.807) is 0 Å². The molecular formula is C17H18O4S. The third kappa shape index (κ3) is 4.77. The van der Waals surface area contributed by atoms with E-state index < -0.39 is 6.16 Å². The SMILES string of the molecule is O=C(C[S+]1CCCC1)c1ccc2ccccc2c1.O=C([O-])O. The van der Waals surface area contributed by atoms with Crippen molar-refractivity contribution in [1.29, 1.82) is 0 Å². The summed E-state index contributed by atoms with van der Waals surface area (Å²) in [5.41, 5.74) is 0.883. The Morgan fingerprint density at radius 3 is 2.27 bits per heavy atom. The number of rotatable bonds is 3. The fraction of sp³-hybridized carbons (Fsp3) is 0.294. The molecule has 0 unspecified atom stereocenters. The summed E-state index contributed by atoms with van der Waals surface area (Å²) >= 11 is 0. The molecule has 0 amide bonds. The normalized spacial score (nSPS) is 14.4. The van der Waals surface area contributed by atoms with E-state index in [0.29, 0.717) is 16.7 Å². The van der Waals surface area contributed by atoms with Crippen molar-refractivity contribution in [3.8, 4) is 0 Å². The van der Waals surface area contributed by atoms with Gasteiger partial charge in [-0.3, -0.25) is 4.79 Å². The summed E-state index contributed by atoms with van der Waals surface area (Å²) in [5.74, 6) is 3.61. The van der Waals surface area contributed by atoms with Gasteiger partial charge in [0.2, 0.25) is 11.9 Å². The van der Waals surface area contributed by atoms with Crippen molar-refractivity contribution in [1.82, 2.24) is 0 Å². The quantitative estimate of drug-likeness (QED) is 0.696. The van der Waals surface area contributed by atoms with Gasteiger partial charge >= 0.3 is 0 Å².